The van der Waals surface area contributed by atoms with E-state index in [1.54, 1.807) is 43.3 Å². The lowest BCUT2D eigenvalue weighted by Crippen LogP contribution is -2.54. The molecule has 1 saturated heterocycles. The fraction of sp³-hybridized carbons (Fsp3) is 0.500. The van der Waals surface area contributed by atoms with Crippen LogP contribution in [0, 0.1) is 0 Å². The summed E-state index contributed by atoms with van der Waals surface area (Å²) in [6.45, 7) is 4.60. The number of halogens is 1. The van der Waals surface area contributed by atoms with Crippen molar-refractivity contribution in [1.82, 2.24) is 14.7 Å². The van der Waals surface area contributed by atoms with Gasteiger partial charge in [0.05, 0.1) is 6.04 Å². The van der Waals surface area contributed by atoms with Gasteiger partial charge in [0.1, 0.15) is 0 Å². The molecule has 0 bridgehead atoms. The van der Waals surface area contributed by atoms with Gasteiger partial charge in [-0.25, -0.2) is 0 Å². The van der Waals surface area contributed by atoms with Crippen molar-refractivity contribution in [3.63, 3.8) is 0 Å². The van der Waals surface area contributed by atoms with E-state index >= 15 is 0 Å². The van der Waals surface area contributed by atoms with Crippen molar-refractivity contribution in [2.24, 2.45) is 0 Å². The molecule has 1 aromatic rings. The second-order valence-electron chi connectivity index (χ2n) is 5.74. The SMILES string of the molecule is CC(C(=O)N(C)C)N1CCN(C(=O)c2ccc(Cl)cc2)CC1. The molecule has 0 aromatic heterocycles. The molecule has 0 saturated carbocycles. The van der Waals surface area contributed by atoms with Crippen LogP contribution in [-0.4, -0.2) is 72.8 Å². The molecule has 2 rings (SSSR count). The van der Waals surface area contributed by atoms with Crippen molar-refractivity contribution in [2.75, 3.05) is 40.3 Å². The van der Waals surface area contributed by atoms with Gasteiger partial charge < -0.3 is 9.80 Å². The van der Waals surface area contributed by atoms with Gasteiger partial charge in [0.25, 0.3) is 5.91 Å². The summed E-state index contributed by atoms with van der Waals surface area (Å²) < 4.78 is 0. The van der Waals surface area contributed by atoms with E-state index in [0.29, 0.717) is 36.8 Å². The van der Waals surface area contributed by atoms with Gasteiger partial charge in [-0.05, 0) is 31.2 Å². The van der Waals surface area contributed by atoms with Crippen LogP contribution in [0.25, 0.3) is 0 Å². The molecule has 1 heterocycles. The lowest BCUT2D eigenvalue weighted by Gasteiger charge is -2.38. The van der Waals surface area contributed by atoms with Gasteiger partial charge >= 0.3 is 0 Å². The Morgan fingerprint density at radius 3 is 2.14 bits per heavy atom. The van der Waals surface area contributed by atoms with E-state index in [1.807, 2.05) is 11.8 Å². The first kappa shape index (κ1) is 16.8. The molecule has 1 aliphatic heterocycles. The first-order chi connectivity index (χ1) is 10.4. The number of benzene rings is 1. The number of carbonyl (C=O) groups excluding carboxylic acids is 2. The lowest BCUT2D eigenvalue weighted by atomic mass is 10.1. The van der Waals surface area contributed by atoms with E-state index in [9.17, 15) is 9.59 Å². The average Bonchev–Trinajstić information content (AvgIpc) is 2.53. The van der Waals surface area contributed by atoms with Gasteiger partial charge in [0.15, 0.2) is 0 Å². The number of amides is 2. The number of likely N-dealkylation sites (N-methyl/N-ethyl adjacent to an activating group) is 1. The summed E-state index contributed by atoms with van der Waals surface area (Å²) in [5.41, 5.74) is 0.648. The van der Waals surface area contributed by atoms with Crippen LogP contribution in [0.5, 0.6) is 0 Å². The van der Waals surface area contributed by atoms with Gasteiger partial charge in [-0.15, -0.1) is 0 Å². The number of piperazine rings is 1. The second-order valence-corrected chi connectivity index (χ2v) is 6.18. The van der Waals surface area contributed by atoms with Crippen molar-refractivity contribution in [3.8, 4) is 0 Å². The predicted octanol–water partition coefficient (Wildman–Crippen LogP) is 1.57. The van der Waals surface area contributed by atoms with E-state index in [-0.39, 0.29) is 17.9 Å². The minimum atomic E-state index is -0.150. The summed E-state index contributed by atoms with van der Waals surface area (Å²) in [6, 6.07) is 6.79. The molecule has 0 N–H and O–H groups in total. The average molecular weight is 324 g/mol. The normalized spacial score (nSPS) is 17.2. The third-order valence-corrected chi connectivity index (χ3v) is 4.29. The highest BCUT2D eigenvalue weighted by Gasteiger charge is 2.28. The standard InChI is InChI=1S/C16H22ClN3O2/c1-12(15(21)18(2)3)19-8-10-20(11-9-19)16(22)13-4-6-14(17)7-5-13/h4-7,12H,8-11H2,1-3H3. The van der Waals surface area contributed by atoms with E-state index < -0.39 is 0 Å². The minimum absolute atomic E-state index is 0.0166. The Labute approximate surface area is 136 Å². The van der Waals surface area contributed by atoms with E-state index in [0.717, 1.165) is 0 Å². The zero-order valence-electron chi connectivity index (χ0n) is 13.3. The van der Waals surface area contributed by atoms with E-state index in [4.69, 9.17) is 11.6 Å². The monoisotopic (exact) mass is 323 g/mol. The Balaban J connectivity index is 1.93. The number of hydrogen-bond acceptors (Lipinski definition) is 3. The number of nitrogens with zero attached hydrogens (tertiary/aromatic N) is 3. The third-order valence-electron chi connectivity index (χ3n) is 4.04. The van der Waals surface area contributed by atoms with Gasteiger partial charge in [-0.1, -0.05) is 11.6 Å². The largest absolute Gasteiger partial charge is 0.347 e. The quantitative estimate of drug-likeness (QED) is 0.848. The third kappa shape index (κ3) is 3.78. The molecule has 6 heteroatoms. The molecule has 22 heavy (non-hydrogen) atoms. The Hall–Kier alpha value is -1.59. The molecule has 1 aliphatic rings. The molecule has 0 spiro atoms. The van der Waals surface area contributed by atoms with Crippen molar-refractivity contribution in [2.45, 2.75) is 13.0 Å². The maximum absolute atomic E-state index is 12.4. The predicted molar refractivity (Wildman–Crippen MR) is 87.1 cm³/mol. The molecule has 5 nitrogen and oxygen atoms in total. The molecule has 2 amide bonds. The Morgan fingerprint density at radius 2 is 1.64 bits per heavy atom. The van der Waals surface area contributed by atoms with Crippen LogP contribution < -0.4 is 0 Å². The Morgan fingerprint density at radius 1 is 1.09 bits per heavy atom. The van der Waals surface area contributed by atoms with E-state index in [2.05, 4.69) is 4.90 Å². The Kier molecular flexibility index (Phi) is 5.42. The summed E-state index contributed by atoms with van der Waals surface area (Å²) in [5, 5.41) is 0.623. The summed E-state index contributed by atoms with van der Waals surface area (Å²) in [7, 11) is 3.53. The fourth-order valence-electron chi connectivity index (χ4n) is 2.62. The molecule has 0 aliphatic carbocycles. The Bertz CT molecular complexity index is 537. The van der Waals surface area contributed by atoms with Crippen molar-refractivity contribution in [1.29, 1.82) is 0 Å². The zero-order chi connectivity index (χ0) is 16.3. The van der Waals surface area contributed by atoms with Gasteiger partial charge in [0.2, 0.25) is 5.91 Å². The minimum Gasteiger partial charge on any atom is -0.347 e. The van der Waals surface area contributed by atoms with E-state index in [1.165, 1.54) is 0 Å². The second kappa shape index (κ2) is 7.11. The molecule has 1 atom stereocenters. The highest BCUT2D eigenvalue weighted by atomic mass is 35.5. The topological polar surface area (TPSA) is 43.9 Å². The maximum atomic E-state index is 12.4. The summed E-state index contributed by atoms with van der Waals surface area (Å²) in [4.78, 5) is 30.0. The molecular weight excluding hydrogens is 302 g/mol. The van der Waals surface area contributed by atoms with Crippen LogP contribution in [0.15, 0.2) is 24.3 Å². The summed E-state index contributed by atoms with van der Waals surface area (Å²) in [5.74, 6) is 0.111. The zero-order valence-corrected chi connectivity index (χ0v) is 14.0. The van der Waals surface area contributed by atoms with Crippen LogP contribution in [0.3, 0.4) is 0 Å². The van der Waals surface area contributed by atoms with Crippen molar-refractivity contribution < 1.29 is 9.59 Å². The lowest BCUT2D eigenvalue weighted by molar-refractivity contribution is -0.134. The molecule has 120 valence electrons. The van der Waals surface area contributed by atoms with Gasteiger partial charge in [-0.3, -0.25) is 14.5 Å². The van der Waals surface area contributed by atoms with Gasteiger partial charge in [-0.2, -0.15) is 0 Å². The van der Waals surface area contributed by atoms with Crippen molar-refractivity contribution >= 4 is 23.4 Å². The fourth-order valence-corrected chi connectivity index (χ4v) is 2.74. The highest BCUT2D eigenvalue weighted by molar-refractivity contribution is 6.30. The molecule has 1 unspecified atom stereocenters. The smallest absolute Gasteiger partial charge is 0.253 e. The summed E-state index contributed by atoms with van der Waals surface area (Å²) >= 11 is 5.84. The highest BCUT2D eigenvalue weighted by Crippen LogP contribution is 2.14. The number of rotatable bonds is 3. The molecule has 0 radical (unpaired) electrons. The van der Waals surface area contributed by atoms with Crippen LogP contribution >= 0.6 is 11.6 Å². The number of carbonyl (C=O) groups is 2. The van der Waals surface area contributed by atoms with Crippen LogP contribution in [0.1, 0.15) is 17.3 Å². The summed E-state index contributed by atoms with van der Waals surface area (Å²) in [6.07, 6.45) is 0. The van der Waals surface area contributed by atoms with Crippen LogP contribution in [0.4, 0.5) is 0 Å². The number of hydrogen-bond donors (Lipinski definition) is 0. The molecule has 1 aromatic carbocycles. The van der Waals surface area contributed by atoms with Crippen LogP contribution in [-0.2, 0) is 4.79 Å². The molecular formula is C16H22ClN3O2. The van der Waals surface area contributed by atoms with Crippen molar-refractivity contribution in [3.05, 3.63) is 34.9 Å². The first-order valence-electron chi connectivity index (χ1n) is 7.40. The molecule has 1 fully saturated rings. The maximum Gasteiger partial charge on any atom is 0.253 e. The first-order valence-corrected chi connectivity index (χ1v) is 7.78. The van der Waals surface area contributed by atoms with Gasteiger partial charge in [0, 0.05) is 50.9 Å². The van der Waals surface area contributed by atoms with Crippen LogP contribution in [0.2, 0.25) is 5.02 Å².